The summed E-state index contributed by atoms with van der Waals surface area (Å²) in [5.41, 5.74) is 17.4. The SMILES string of the molecule is N#Cc1cc(-c2cccc(-c3ccc4c(c3)-c3cc(-c5ccccc5)ccc3C43c4ccccc4-c4ccccc43)c2)ccn1. The maximum absolute atomic E-state index is 9.40. The first-order valence-corrected chi connectivity index (χ1v) is 15.3. The van der Waals surface area contributed by atoms with E-state index in [-0.39, 0.29) is 5.41 Å². The van der Waals surface area contributed by atoms with E-state index >= 15 is 0 Å². The first-order chi connectivity index (χ1) is 22.3. The molecule has 0 aliphatic heterocycles. The highest BCUT2D eigenvalue weighted by Crippen LogP contribution is 2.63. The Kier molecular flexibility index (Phi) is 5.51. The van der Waals surface area contributed by atoms with E-state index in [0.29, 0.717) is 5.69 Å². The number of rotatable bonds is 3. The monoisotopic (exact) mass is 570 g/mol. The van der Waals surface area contributed by atoms with E-state index in [1.54, 1.807) is 6.20 Å². The number of nitrogens with zero attached hydrogens (tertiary/aromatic N) is 2. The lowest BCUT2D eigenvalue weighted by molar-refractivity contribution is 0.794. The first kappa shape index (κ1) is 25.5. The summed E-state index contributed by atoms with van der Waals surface area (Å²) >= 11 is 0. The molecule has 7 aromatic rings. The Balaban J connectivity index is 1.29. The highest BCUT2D eigenvalue weighted by Gasteiger charge is 2.51. The van der Waals surface area contributed by atoms with Crippen molar-refractivity contribution in [2.24, 2.45) is 0 Å². The molecule has 0 amide bonds. The minimum atomic E-state index is -0.377. The van der Waals surface area contributed by atoms with Gasteiger partial charge < -0.3 is 0 Å². The number of nitriles is 1. The molecule has 0 saturated carbocycles. The molecule has 45 heavy (non-hydrogen) atoms. The Bertz CT molecular complexity index is 2300. The summed E-state index contributed by atoms with van der Waals surface area (Å²) in [4.78, 5) is 4.16. The van der Waals surface area contributed by atoms with Crippen molar-refractivity contribution < 1.29 is 0 Å². The molecule has 9 rings (SSSR count). The number of fused-ring (bicyclic) bond motifs is 10. The molecule has 0 fully saturated rings. The molecule has 2 heteroatoms. The zero-order chi connectivity index (χ0) is 30.0. The minimum absolute atomic E-state index is 0.377. The number of benzene rings is 6. The van der Waals surface area contributed by atoms with Gasteiger partial charge in [0, 0.05) is 6.20 Å². The van der Waals surface area contributed by atoms with Gasteiger partial charge in [0.15, 0.2) is 0 Å². The van der Waals surface area contributed by atoms with E-state index in [4.69, 9.17) is 0 Å². The van der Waals surface area contributed by atoms with Gasteiger partial charge in [0.25, 0.3) is 0 Å². The van der Waals surface area contributed by atoms with Crippen LogP contribution in [0.2, 0.25) is 0 Å². The summed E-state index contributed by atoms with van der Waals surface area (Å²) < 4.78 is 0. The predicted molar refractivity (Wildman–Crippen MR) is 182 cm³/mol. The van der Waals surface area contributed by atoms with Crippen molar-refractivity contribution in [3.05, 3.63) is 186 Å². The van der Waals surface area contributed by atoms with Gasteiger partial charge in [-0.25, -0.2) is 4.98 Å². The molecule has 0 saturated heterocycles. The van der Waals surface area contributed by atoms with E-state index in [9.17, 15) is 5.26 Å². The molecule has 6 aromatic carbocycles. The van der Waals surface area contributed by atoms with Gasteiger partial charge in [-0.05, 0) is 108 Å². The van der Waals surface area contributed by atoms with Crippen molar-refractivity contribution in [3.8, 4) is 61.7 Å². The van der Waals surface area contributed by atoms with Crippen LogP contribution in [0, 0.1) is 11.3 Å². The van der Waals surface area contributed by atoms with Gasteiger partial charge in [0.1, 0.15) is 11.8 Å². The molecular formula is C43H26N2. The fourth-order valence-corrected chi connectivity index (χ4v) is 7.69. The van der Waals surface area contributed by atoms with Crippen LogP contribution in [0.15, 0.2) is 158 Å². The summed E-state index contributed by atoms with van der Waals surface area (Å²) in [6.45, 7) is 0. The van der Waals surface area contributed by atoms with Gasteiger partial charge in [0.2, 0.25) is 0 Å². The molecule has 0 radical (unpaired) electrons. The summed E-state index contributed by atoms with van der Waals surface area (Å²) in [6.07, 6.45) is 1.70. The maximum Gasteiger partial charge on any atom is 0.141 e. The molecule has 2 aliphatic carbocycles. The summed E-state index contributed by atoms with van der Waals surface area (Å²) in [5.74, 6) is 0. The largest absolute Gasteiger partial charge is 0.246 e. The summed E-state index contributed by atoms with van der Waals surface area (Å²) in [7, 11) is 0. The average molecular weight is 571 g/mol. The van der Waals surface area contributed by atoms with Crippen LogP contribution in [0.1, 0.15) is 27.9 Å². The van der Waals surface area contributed by atoms with Crippen LogP contribution in [-0.2, 0) is 5.41 Å². The van der Waals surface area contributed by atoms with Crippen LogP contribution in [0.3, 0.4) is 0 Å². The Morgan fingerprint density at radius 2 is 0.889 bits per heavy atom. The van der Waals surface area contributed by atoms with Gasteiger partial charge in [-0.3, -0.25) is 0 Å². The lowest BCUT2D eigenvalue weighted by atomic mass is 9.70. The van der Waals surface area contributed by atoms with Crippen molar-refractivity contribution in [2.45, 2.75) is 5.41 Å². The third-order valence-electron chi connectivity index (χ3n) is 9.60. The fourth-order valence-electron chi connectivity index (χ4n) is 7.69. The Morgan fingerprint density at radius 3 is 1.51 bits per heavy atom. The van der Waals surface area contributed by atoms with Crippen molar-refractivity contribution in [3.63, 3.8) is 0 Å². The standard InChI is InChI=1S/C43H26N2/c44-27-34-24-33(21-22-45-34)30-12-8-11-29(23-30)32-18-20-42-38(26-32)37-25-31(28-9-2-1-3-10-28)17-19-41(37)43(42)39-15-6-4-13-35(39)36-14-5-7-16-40(36)43/h1-26H. The molecule has 2 aliphatic rings. The van der Waals surface area contributed by atoms with Crippen molar-refractivity contribution >= 4 is 0 Å². The second kappa shape index (κ2) is 9.74. The second-order valence-electron chi connectivity index (χ2n) is 11.9. The number of aromatic nitrogens is 1. The molecule has 0 N–H and O–H groups in total. The molecule has 0 atom stereocenters. The third kappa shape index (κ3) is 3.65. The smallest absolute Gasteiger partial charge is 0.141 e. The van der Waals surface area contributed by atoms with Gasteiger partial charge >= 0.3 is 0 Å². The number of hydrogen-bond donors (Lipinski definition) is 0. The number of pyridine rings is 1. The van der Waals surface area contributed by atoms with E-state index in [0.717, 1.165) is 22.3 Å². The van der Waals surface area contributed by atoms with Crippen LogP contribution in [0.5, 0.6) is 0 Å². The zero-order valence-corrected chi connectivity index (χ0v) is 24.4. The van der Waals surface area contributed by atoms with Gasteiger partial charge in [0.05, 0.1) is 5.41 Å². The van der Waals surface area contributed by atoms with Crippen molar-refractivity contribution in [1.82, 2.24) is 4.98 Å². The van der Waals surface area contributed by atoms with Crippen LogP contribution < -0.4 is 0 Å². The molecule has 2 nitrogen and oxygen atoms in total. The zero-order valence-electron chi connectivity index (χ0n) is 24.4. The van der Waals surface area contributed by atoms with E-state index in [2.05, 4.69) is 151 Å². The molecule has 208 valence electrons. The topological polar surface area (TPSA) is 36.7 Å². The van der Waals surface area contributed by atoms with E-state index < -0.39 is 0 Å². The van der Waals surface area contributed by atoms with Crippen LogP contribution in [-0.4, -0.2) is 4.98 Å². The molecule has 0 unspecified atom stereocenters. The van der Waals surface area contributed by atoms with E-state index in [1.807, 2.05) is 12.1 Å². The second-order valence-corrected chi connectivity index (χ2v) is 11.9. The first-order valence-electron chi connectivity index (χ1n) is 15.3. The van der Waals surface area contributed by atoms with Gasteiger partial charge in [-0.15, -0.1) is 0 Å². The summed E-state index contributed by atoms with van der Waals surface area (Å²) in [5, 5.41) is 9.40. The minimum Gasteiger partial charge on any atom is -0.246 e. The fraction of sp³-hybridized carbons (Fsp3) is 0.0233. The Labute approximate surface area is 262 Å². The van der Waals surface area contributed by atoms with Crippen LogP contribution in [0.4, 0.5) is 0 Å². The lowest BCUT2D eigenvalue weighted by Gasteiger charge is -2.30. The molecule has 1 heterocycles. The maximum atomic E-state index is 9.40. The third-order valence-corrected chi connectivity index (χ3v) is 9.60. The normalized spacial score (nSPS) is 13.0. The molecule has 0 bridgehead atoms. The van der Waals surface area contributed by atoms with Crippen molar-refractivity contribution in [1.29, 1.82) is 5.26 Å². The van der Waals surface area contributed by atoms with E-state index in [1.165, 1.54) is 55.6 Å². The summed E-state index contributed by atoms with van der Waals surface area (Å²) in [6, 6.07) is 57.1. The number of hydrogen-bond acceptors (Lipinski definition) is 2. The van der Waals surface area contributed by atoms with Crippen LogP contribution in [0.25, 0.3) is 55.6 Å². The Morgan fingerprint density at radius 1 is 0.400 bits per heavy atom. The predicted octanol–water partition coefficient (Wildman–Crippen LogP) is 10.3. The highest BCUT2D eigenvalue weighted by molar-refractivity contribution is 5.97. The average Bonchev–Trinajstić information content (AvgIpc) is 3.58. The van der Waals surface area contributed by atoms with Crippen molar-refractivity contribution in [2.75, 3.05) is 0 Å². The quantitative estimate of drug-likeness (QED) is 0.212. The van der Waals surface area contributed by atoms with Gasteiger partial charge in [-0.2, -0.15) is 5.26 Å². The Hall–Kier alpha value is -6.04. The lowest BCUT2D eigenvalue weighted by Crippen LogP contribution is -2.25. The molecule has 1 spiro atoms. The highest BCUT2D eigenvalue weighted by atomic mass is 14.7. The molecule has 1 aromatic heterocycles. The van der Waals surface area contributed by atoms with Gasteiger partial charge in [-0.1, -0.05) is 121 Å². The van der Waals surface area contributed by atoms with Crippen LogP contribution >= 0.6 is 0 Å². The molecular weight excluding hydrogens is 544 g/mol.